The Kier molecular flexibility index (Phi) is 3.38. The van der Waals surface area contributed by atoms with Gasteiger partial charge in [0.05, 0.1) is 0 Å². The third kappa shape index (κ3) is 2.29. The molecular formula is C12H20N2O3. The van der Waals surface area contributed by atoms with Gasteiger partial charge >= 0.3 is 5.97 Å². The molecule has 0 aromatic rings. The standard InChI is InChI=1S/C12H20N2O3/c1-14-6-3-9(8-14)7-13-10(15)12(11(16)17)4-2-5-12/h9H,2-8H2,1H3,(H,13,15)(H,16,17). The molecule has 2 fully saturated rings. The van der Waals surface area contributed by atoms with E-state index in [1.165, 1.54) is 0 Å². The third-order valence-electron chi connectivity index (χ3n) is 4.09. The van der Waals surface area contributed by atoms with Gasteiger partial charge in [-0.15, -0.1) is 0 Å². The van der Waals surface area contributed by atoms with Crippen LogP contribution < -0.4 is 5.32 Å². The second-order valence-electron chi connectivity index (χ2n) is 5.37. The number of carboxylic acid groups (broad SMARTS) is 1. The van der Waals surface area contributed by atoms with Crippen LogP contribution in [0, 0.1) is 11.3 Å². The molecule has 1 aliphatic heterocycles. The summed E-state index contributed by atoms with van der Waals surface area (Å²) in [6.07, 6.45) is 2.89. The van der Waals surface area contributed by atoms with Crippen LogP contribution in [0.3, 0.4) is 0 Å². The molecule has 2 rings (SSSR count). The number of amides is 1. The van der Waals surface area contributed by atoms with Crippen molar-refractivity contribution in [1.29, 1.82) is 0 Å². The molecule has 0 aromatic carbocycles. The molecule has 1 heterocycles. The normalized spacial score (nSPS) is 27.5. The molecule has 96 valence electrons. The fourth-order valence-electron chi connectivity index (χ4n) is 2.67. The van der Waals surface area contributed by atoms with Crippen LogP contribution in [-0.4, -0.2) is 48.6 Å². The highest BCUT2D eigenvalue weighted by Crippen LogP contribution is 2.41. The Hall–Kier alpha value is -1.10. The zero-order valence-corrected chi connectivity index (χ0v) is 10.2. The maximum absolute atomic E-state index is 11.9. The number of nitrogens with one attached hydrogen (secondary N) is 1. The summed E-state index contributed by atoms with van der Waals surface area (Å²) in [5.74, 6) is -0.787. The number of hydrogen-bond acceptors (Lipinski definition) is 3. The number of carbonyl (C=O) groups excluding carboxylic acids is 1. The highest BCUT2D eigenvalue weighted by Gasteiger charge is 2.51. The van der Waals surface area contributed by atoms with Gasteiger partial charge in [0.25, 0.3) is 0 Å². The van der Waals surface area contributed by atoms with Crippen molar-refractivity contribution in [3.05, 3.63) is 0 Å². The number of aliphatic carboxylic acids is 1. The van der Waals surface area contributed by atoms with E-state index in [0.717, 1.165) is 25.9 Å². The van der Waals surface area contributed by atoms with Crippen LogP contribution in [0.25, 0.3) is 0 Å². The van der Waals surface area contributed by atoms with Crippen LogP contribution in [0.4, 0.5) is 0 Å². The summed E-state index contributed by atoms with van der Waals surface area (Å²) >= 11 is 0. The first-order chi connectivity index (χ1) is 8.04. The van der Waals surface area contributed by atoms with Gasteiger partial charge in [0.1, 0.15) is 5.41 Å². The topological polar surface area (TPSA) is 69.6 Å². The van der Waals surface area contributed by atoms with Crippen molar-refractivity contribution >= 4 is 11.9 Å². The van der Waals surface area contributed by atoms with E-state index >= 15 is 0 Å². The number of hydrogen-bond donors (Lipinski definition) is 2. The van der Waals surface area contributed by atoms with Gasteiger partial charge in [-0.2, -0.15) is 0 Å². The molecule has 1 atom stereocenters. The van der Waals surface area contributed by atoms with Crippen molar-refractivity contribution in [1.82, 2.24) is 10.2 Å². The van der Waals surface area contributed by atoms with Gasteiger partial charge in [0.15, 0.2) is 0 Å². The number of rotatable bonds is 4. The maximum Gasteiger partial charge on any atom is 0.319 e. The van der Waals surface area contributed by atoms with E-state index in [2.05, 4.69) is 17.3 Å². The molecule has 0 spiro atoms. The summed E-state index contributed by atoms with van der Waals surface area (Å²) in [5, 5.41) is 11.9. The van der Waals surface area contributed by atoms with Gasteiger partial charge in [0, 0.05) is 13.1 Å². The zero-order valence-electron chi connectivity index (χ0n) is 10.2. The Bertz CT molecular complexity index is 326. The molecule has 1 aliphatic carbocycles. The van der Waals surface area contributed by atoms with Gasteiger partial charge in [-0.25, -0.2) is 0 Å². The minimum atomic E-state index is -1.12. The second kappa shape index (κ2) is 4.64. The smallest absolute Gasteiger partial charge is 0.319 e. The lowest BCUT2D eigenvalue weighted by Crippen LogP contribution is -2.51. The summed E-state index contributed by atoms with van der Waals surface area (Å²) < 4.78 is 0. The summed E-state index contributed by atoms with van der Waals surface area (Å²) in [5.41, 5.74) is -1.12. The molecule has 0 radical (unpaired) electrons. The molecule has 1 amide bonds. The van der Waals surface area contributed by atoms with Crippen molar-refractivity contribution in [3.8, 4) is 0 Å². The van der Waals surface area contributed by atoms with Crippen LogP contribution in [0.5, 0.6) is 0 Å². The van der Waals surface area contributed by atoms with E-state index in [1.807, 2.05) is 0 Å². The molecule has 2 aliphatic rings. The number of carboxylic acids is 1. The minimum absolute atomic E-state index is 0.286. The van der Waals surface area contributed by atoms with E-state index in [9.17, 15) is 9.59 Å². The molecule has 17 heavy (non-hydrogen) atoms. The molecule has 5 heteroatoms. The molecule has 0 aromatic heterocycles. The predicted octanol–water partition coefficient (Wildman–Crippen LogP) is 0.309. The summed E-state index contributed by atoms with van der Waals surface area (Å²) in [6.45, 7) is 2.66. The van der Waals surface area contributed by atoms with Crippen LogP contribution in [0.15, 0.2) is 0 Å². The van der Waals surface area contributed by atoms with Crippen LogP contribution in [0.2, 0.25) is 0 Å². The lowest BCUT2D eigenvalue weighted by Gasteiger charge is -2.36. The largest absolute Gasteiger partial charge is 0.480 e. The maximum atomic E-state index is 11.9. The van der Waals surface area contributed by atoms with Gasteiger partial charge < -0.3 is 15.3 Å². The van der Waals surface area contributed by atoms with Crippen molar-refractivity contribution < 1.29 is 14.7 Å². The average Bonchev–Trinajstić information content (AvgIpc) is 2.59. The van der Waals surface area contributed by atoms with Crippen LogP contribution in [-0.2, 0) is 9.59 Å². The van der Waals surface area contributed by atoms with Crippen molar-refractivity contribution in [2.45, 2.75) is 25.7 Å². The molecule has 1 saturated heterocycles. The van der Waals surface area contributed by atoms with E-state index in [4.69, 9.17) is 5.11 Å². The summed E-state index contributed by atoms with van der Waals surface area (Å²) in [7, 11) is 2.06. The first-order valence-corrected chi connectivity index (χ1v) is 6.25. The minimum Gasteiger partial charge on any atom is -0.480 e. The molecule has 1 unspecified atom stereocenters. The lowest BCUT2D eigenvalue weighted by molar-refractivity contribution is -0.162. The number of nitrogens with zero attached hydrogens (tertiary/aromatic N) is 1. The van der Waals surface area contributed by atoms with Gasteiger partial charge in [-0.1, -0.05) is 6.42 Å². The SMILES string of the molecule is CN1CCC(CNC(=O)C2(C(=O)O)CCC2)C1. The predicted molar refractivity (Wildman–Crippen MR) is 62.5 cm³/mol. The monoisotopic (exact) mass is 240 g/mol. The van der Waals surface area contributed by atoms with Crippen molar-refractivity contribution in [2.24, 2.45) is 11.3 Å². The van der Waals surface area contributed by atoms with E-state index in [-0.39, 0.29) is 5.91 Å². The second-order valence-corrected chi connectivity index (χ2v) is 5.37. The Balaban J connectivity index is 1.83. The lowest BCUT2D eigenvalue weighted by atomic mass is 9.68. The molecule has 2 N–H and O–H groups in total. The van der Waals surface area contributed by atoms with Crippen LogP contribution in [0.1, 0.15) is 25.7 Å². The molecular weight excluding hydrogens is 220 g/mol. The van der Waals surface area contributed by atoms with Crippen LogP contribution >= 0.6 is 0 Å². The van der Waals surface area contributed by atoms with Gasteiger partial charge in [-0.3, -0.25) is 9.59 Å². The van der Waals surface area contributed by atoms with Crippen molar-refractivity contribution in [2.75, 3.05) is 26.7 Å². The zero-order chi connectivity index (χ0) is 12.5. The quantitative estimate of drug-likeness (QED) is 0.694. The Morgan fingerprint density at radius 1 is 1.47 bits per heavy atom. The summed E-state index contributed by atoms with van der Waals surface area (Å²) in [4.78, 5) is 25.3. The number of likely N-dealkylation sites (tertiary alicyclic amines) is 1. The average molecular weight is 240 g/mol. The van der Waals surface area contributed by atoms with E-state index < -0.39 is 11.4 Å². The van der Waals surface area contributed by atoms with E-state index in [1.54, 1.807) is 0 Å². The Morgan fingerprint density at radius 3 is 2.59 bits per heavy atom. The fraction of sp³-hybridized carbons (Fsp3) is 0.833. The fourth-order valence-corrected chi connectivity index (χ4v) is 2.67. The van der Waals surface area contributed by atoms with E-state index in [0.29, 0.717) is 25.3 Å². The van der Waals surface area contributed by atoms with Crippen molar-refractivity contribution in [3.63, 3.8) is 0 Å². The Labute approximate surface area is 101 Å². The first-order valence-electron chi connectivity index (χ1n) is 6.25. The third-order valence-corrected chi connectivity index (χ3v) is 4.09. The highest BCUT2D eigenvalue weighted by molar-refractivity contribution is 6.02. The first kappa shape index (κ1) is 12.4. The molecule has 0 bridgehead atoms. The highest BCUT2D eigenvalue weighted by atomic mass is 16.4. The Morgan fingerprint density at radius 2 is 2.18 bits per heavy atom. The molecule has 5 nitrogen and oxygen atoms in total. The summed E-state index contributed by atoms with van der Waals surface area (Å²) in [6, 6.07) is 0. The molecule has 1 saturated carbocycles. The van der Waals surface area contributed by atoms with Gasteiger partial charge in [-0.05, 0) is 38.8 Å². The van der Waals surface area contributed by atoms with Gasteiger partial charge in [0.2, 0.25) is 5.91 Å². The number of carbonyl (C=O) groups is 2.